The molecule has 0 radical (unpaired) electrons. The van der Waals surface area contributed by atoms with Crippen LogP contribution in [0.15, 0.2) is 66.7 Å². The Hall–Kier alpha value is -3.14. The average molecular weight is 348 g/mol. The monoisotopic (exact) mass is 348 g/mol. The summed E-state index contributed by atoms with van der Waals surface area (Å²) in [7, 11) is 0. The molecule has 26 heavy (non-hydrogen) atoms. The lowest BCUT2D eigenvalue weighted by molar-refractivity contribution is -0.147. The number of fused-ring (bicyclic) bond motifs is 1. The molecule has 4 nitrogen and oxygen atoms in total. The topological polar surface area (TPSA) is 52.6 Å². The number of rotatable bonds is 7. The molecule has 0 aliphatic carbocycles. The van der Waals surface area contributed by atoms with Gasteiger partial charge < -0.3 is 9.47 Å². The van der Waals surface area contributed by atoms with Gasteiger partial charge in [-0.2, -0.15) is 0 Å². The molecule has 0 N–H and O–H groups in total. The molecule has 0 aliphatic heterocycles. The van der Waals surface area contributed by atoms with Crippen LogP contribution in [0.25, 0.3) is 10.8 Å². The van der Waals surface area contributed by atoms with E-state index in [1.54, 1.807) is 24.3 Å². The number of hydrogen-bond acceptors (Lipinski definition) is 4. The van der Waals surface area contributed by atoms with E-state index in [9.17, 15) is 9.59 Å². The van der Waals surface area contributed by atoms with Crippen molar-refractivity contribution in [1.29, 1.82) is 0 Å². The van der Waals surface area contributed by atoms with Crippen LogP contribution >= 0.6 is 0 Å². The van der Waals surface area contributed by atoms with Crippen LogP contribution in [0, 0.1) is 0 Å². The molecule has 0 spiro atoms. The van der Waals surface area contributed by atoms with Crippen molar-refractivity contribution in [2.24, 2.45) is 0 Å². The normalized spacial score (nSPS) is 10.5. The molecular formula is C22H20O4. The molecule has 3 aromatic carbocycles. The average Bonchev–Trinajstić information content (AvgIpc) is 2.70. The number of carbonyl (C=O) groups excluding carboxylic acids is 2. The summed E-state index contributed by atoms with van der Waals surface area (Å²) in [5.41, 5.74) is 1.59. The first kappa shape index (κ1) is 17.7. The van der Waals surface area contributed by atoms with E-state index in [1.165, 1.54) is 0 Å². The predicted molar refractivity (Wildman–Crippen MR) is 100 cm³/mol. The predicted octanol–water partition coefficient (Wildman–Crippen LogP) is 4.55. The van der Waals surface area contributed by atoms with Gasteiger partial charge >= 0.3 is 5.97 Å². The van der Waals surface area contributed by atoms with Crippen molar-refractivity contribution in [3.05, 3.63) is 77.9 Å². The van der Waals surface area contributed by atoms with Crippen molar-refractivity contribution in [2.45, 2.75) is 20.0 Å². The van der Waals surface area contributed by atoms with Crippen molar-refractivity contribution in [3.8, 4) is 5.75 Å². The zero-order valence-corrected chi connectivity index (χ0v) is 14.6. The molecule has 0 unspecified atom stereocenters. The van der Waals surface area contributed by atoms with Crippen LogP contribution in [0.2, 0.25) is 0 Å². The van der Waals surface area contributed by atoms with E-state index in [-0.39, 0.29) is 19.0 Å². The summed E-state index contributed by atoms with van der Waals surface area (Å²) in [6, 6.07) is 20.6. The maximum atomic E-state index is 11.9. The number of ketones is 1. The number of hydrogen-bond donors (Lipinski definition) is 0. The quantitative estimate of drug-likeness (QED) is 0.464. The van der Waals surface area contributed by atoms with Gasteiger partial charge in [-0.15, -0.1) is 0 Å². The number of ether oxygens (including phenoxy) is 2. The summed E-state index contributed by atoms with van der Waals surface area (Å²) in [4.78, 5) is 23.5. The second-order valence-electron chi connectivity index (χ2n) is 5.89. The number of benzene rings is 3. The summed E-state index contributed by atoms with van der Waals surface area (Å²) in [6.45, 7) is 1.85. The molecular weight excluding hydrogens is 328 g/mol. The van der Waals surface area contributed by atoms with Crippen molar-refractivity contribution in [3.63, 3.8) is 0 Å². The van der Waals surface area contributed by atoms with E-state index < -0.39 is 5.97 Å². The Morgan fingerprint density at radius 3 is 2.38 bits per heavy atom. The third-order valence-electron chi connectivity index (χ3n) is 4.12. The third-order valence-corrected chi connectivity index (χ3v) is 4.12. The van der Waals surface area contributed by atoms with Gasteiger partial charge in [-0.25, -0.2) is 4.79 Å². The van der Waals surface area contributed by atoms with E-state index in [0.717, 1.165) is 16.3 Å². The minimum Gasteiger partial charge on any atom is -0.482 e. The second-order valence-corrected chi connectivity index (χ2v) is 5.89. The smallest absolute Gasteiger partial charge is 0.344 e. The van der Waals surface area contributed by atoms with Crippen LogP contribution < -0.4 is 4.74 Å². The lowest BCUT2D eigenvalue weighted by Gasteiger charge is -2.09. The first-order chi connectivity index (χ1) is 12.7. The van der Waals surface area contributed by atoms with Gasteiger partial charge in [0.15, 0.2) is 12.4 Å². The Morgan fingerprint density at radius 2 is 1.62 bits per heavy atom. The summed E-state index contributed by atoms with van der Waals surface area (Å²) in [5, 5.41) is 2.18. The Kier molecular flexibility index (Phi) is 5.64. The molecule has 0 aliphatic rings. The molecule has 3 rings (SSSR count). The Labute approximate surface area is 152 Å². The first-order valence-electron chi connectivity index (χ1n) is 8.55. The largest absolute Gasteiger partial charge is 0.482 e. The number of Topliss-reactive ketones (excluding diaryl/α,β-unsaturated/α-hetero) is 1. The second kappa shape index (κ2) is 8.30. The van der Waals surface area contributed by atoms with Crippen LogP contribution in [-0.2, 0) is 16.1 Å². The van der Waals surface area contributed by atoms with Crippen LogP contribution in [0.1, 0.15) is 29.3 Å². The van der Waals surface area contributed by atoms with E-state index in [4.69, 9.17) is 9.47 Å². The standard InChI is InChI=1S/C22H20O4/c1-2-21(23)17-10-12-19(13-11-17)25-15-22(24)26-14-18-8-5-7-16-6-3-4-9-20(16)18/h3-13H,2,14-15H2,1H3. The number of carbonyl (C=O) groups is 2. The van der Waals surface area contributed by atoms with Gasteiger partial charge in [0.05, 0.1) is 0 Å². The van der Waals surface area contributed by atoms with Crippen LogP contribution in [0.3, 0.4) is 0 Å². The Balaban J connectivity index is 1.53. The molecule has 0 saturated heterocycles. The third kappa shape index (κ3) is 4.28. The molecule has 0 fully saturated rings. The van der Waals surface area contributed by atoms with Crippen molar-refractivity contribution in [1.82, 2.24) is 0 Å². The molecule has 0 heterocycles. The fourth-order valence-electron chi connectivity index (χ4n) is 2.70. The zero-order valence-electron chi connectivity index (χ0n) is 14.6. The minimum atomic E-state index is -0.438. The van der Waals surface area contributed by atoms with Crippen LogP contribution in [0.5, 0.6) is 5.75 Å². The highest BCUT2D eigenvalue weighted by atomic mass is 16.6. The van der Waals surface area contributed by atoms with Gasteiger partial charge in [0, 0.05) is 12.0 Å². The van der Waals surface area contributed by atoms with Crippen LogP contribution in [0.4, 0.5) is 0 Å². The van der Waals surface area contributed by atoms with Gasteiger partial charge in [0.1, 0.15) is 12.4 Å². The number of esters is 1. The van der Waals surface area contributed by atoms with Gasteiger partial charge in [-0.3, -0.25) is 4.79 Å². The van der Waals surface area contributed by atoms with Gasteiger partial charge in [0.25, 0.3) is 0 Å². The Morgan fingerprint density at radius 1 is 0.885 bits per heavy atom. The van der Waals surface area contributed by atoms with Gasteiger partial charge in [-0.05, 0) is 40.6 Å². The molecule has 0 saturated carbocycles. The van der Waals surface area contributed by atoms with E-state index in [2.05, 4.69) is 0 Å². The highest BCUT2D eigenvalue weighted by molar-refractivity contribution is 5.95. The molecule has 0 aromatic heterocycles. The van der Waals surface area contributed by atoms with E-state index in [0.29, 0.717) is 17.7 Å². The maximum absolute atomic E-state index is 11.9. The lowest BCUT2D eigenvalue weighted by atomic mass is 10.1. The lowest BCUT2D eigenvalue weighted by Crippen LogP contribution is -2.14. The van der Waals surface area contributed by atoms with E-state index >= 15 is 0 Å². The molecule has 0 amide bonds. The zero-order chi connectivity index (χ0) is 18.4. The Bertz CT molecular complexity index is 908. The molecule has 132 valence electrons. The summed E-state index contributed by atoms with van der Waals surface area (Å²) in [5.74, 6) is 0.164. The van der Waals surface area contributed by atoms with Crippen molar-refractivity contribution in [2.75, 3.05) is 6.61 Å². The molecule has 0 bridgehead atoms. The van der Waals surface area contributed by atoms with Gasteiger partial charge in [-0.1, -0.05) is 49.4 Å². The molecule has 0 atom stereocenters. The fraction of sp³-hybridized carbons (Fsp3) is 0.182. The van der Waals surface area contributed by atoms with Crippen LogP contribution in [-0.4, -0.2) is 18.4 Å². The summed E-state index contributed by atoms with van der Waals surface area (Å²) < 4.78 is 10.7. The minimum absolute atomic E-state index is 0.0750. The fourth-order valence-corrected chi connectivity index (χ4v) is 2.70. The molecule has 3 aromatic rings. The maximum Gasteiger partial charge on any atom is 0.344 e. The molecule has 4 heteroatoms. The van der Waals surface area contributed by atoms with Crippen molar-refractivity contribution >= 4 is 22.5 Å². The van der Waals surface area contributed by atoms with E-state index in [1.807, 2.05) is 49.4 Å². The SMILES string of the molecule is CCC(=O)c1ccc(OCC(=O)OCc2cccc3ccccc23)cc1. The van der Waals surface area contributed by atoms with Crippen molar-refractivity contribution < 1.29 is 19.1 Å². The highest BCUT2D eigenvalue weighted by Crippen LogP contribution is 2.19. The first-order valence-corrected chi connectivity index (χ1v) is 8.55. The highest BCUT2D eigenvalue weighted by Gasteiger charge is 2.08. The summed E-state index contributed by atoms with van der Waals surface area (Å²) in [6.07, 6.45) is 0.459. The summed E-state index contributed by atoms with van der Waals surface area (Å²) >= 11 is 0. The van der Waals surface area contributed by atoms with Gasteiger partial charge in [0.2, 0.25) is 0 Å².